The lowest BCUT2D eigenvalue weighted by Crippen LogP contribution is -2.10. The molecule has 2 aromatic heterocycles. The van der Waals surface area contributed by atoms with E-state index in [0.717, 1.165) is 21.5 Å². The minimum Gasteiger partial charge on any atom is -0.483 e. The van der Waals surface area contributed by atoms with E-state index in [4.69, 9.17) is 9.84 Å². The van der Waals surface area contributed by atoms with E-state index in [1.165, 1.54) is 32.1 Å². The van der Waals surface area contributed by atoms with Gasteiger partial charge in [-0.1, -0.05) is 48.8 Å². The third kappa shape index (κ3) is 2.95. The topological polar surface area (TPSA) is 52.3 Å². The molecule has 0 saturated heterocycles. The van der Waals surface area contributed by atoms with Crippen LogP contribution in [0.25, 0.3) is 4.96 Å². The quantitative estimate of drug-likeness (QED) is 0.713. The predicted octanol–water partition coefficient (Wildman–Crippen LogP) is 4.37. The minimum absolute atomic E-state index is 0.0942. The van der Waals surface area contributed by atoms with Crippen molar-refractivity contribution in [2.24, 2.45) is 0 Å². The van der Waals surface area contributed by atoms with E-state index < -0.39 is 0 Å². The Balaban J connectivity index is 1.57. The molecule has 1 unspecified atom stereocenters. The van der Waals surface area contributed by atoms with E-state index >= 15 is 0 Å². The average molecular weight is 328 g/mol. The predicted molar refractivity (Wildman–Crippen MR) is 90.0 cm³/mol. The van der Waals surface area contributed by atoms with Crippen molar-refractivity contribution < 1.29 is 4.74 Å². The summed E-state index contributed by atoms with van der Waals surface area (Å²) in [4.78, 5) is 0.865. The molecular formula is C17H20N4OS. The number of hydrogen-bond acceptors (Lipinski definition) is 5. The fraction of sp³-hybridized carbons (Fsp3) is 0.471. The van der Waals surface area contributed by atoms with Gasteiger partial charge in [0.15, 0.2) is 10.8 Å². The Bertz CT molecular complexity index is 776. The van der Waals surface area contributed by atoms with Gasteiger partial charge in [0.05, 0.1) is 0 Å². The highest BCUT2D eigenvalue weighted by Gasteiger charge is 2.24. The van der Waals surface area contributed by atoms with Crippen LogP contribution < -0.4 is 4.74 Å². The molecule has 0 N–H and O–H groups in total. The molecule has 1 fully saturated rings. The number of hydrogen-bond donors (Lipinski definition) is 0. The Morgan fingerprint density at radius 1 is 1.13 bits per heavy atom. The molecule has 23 heavy (non-hydrogen) atoms. The van der Waals surface area contributed by atoms with Crippen molar-refractivity contribution in [3.05, 3.63) is 41.2 Å². The first-order valence-electron chi connectivity index (χ1n) is 8.25. The largest absolute Gasteiger partial charge is 0.483 e. The van der Waals surface area contributed by atoms with Gasteiger partial charge in [-0.05, 0) is 31.9 Å². The van der Waals surface area contributed by atoms with Gasteiger partial charge in [-0.25, -0.2) is 0 Å². The van der Waals surface area contributed by atoms with E-state index in [2.05, 4.69) is 10.2 Å². The smallest absolute Gasteiger partial charge is 0.234 e. The maximum absolute atomic E-state index is 5.97. The molecule has 0 aliphatic heterocycles. The van der Waals surface area contributed by atoms with Gasteiger partial charge in [0.25, 0.3) is 0 Å². The normalized spacial score (nSPS) is 17.4. The van der Waals surface area contributed by atoms with Crippen molar-refractivity contribution in [2.45, 2.75) is 51.0 Å². The van der Waals surface area contributed by atoms with Gasteiger partial charge in [0.1, 0.15) is 11.9 Å². The maximum atomic E-state index is 5.97. The number of benzene rings is 1. The van der Waals surface area contributed by atoms with Gasteiger partial charge in [-0.2, -0.15) is 9.61 Å². The van der Waals surface area contributed by atoms with Crippen LogP contribution in [0.3, 0.4) is 0 Å². The van der Waals surface area contributed by atoms with Crippen molar-refractivity contribution in [3.8, 4) is 5.75 Å². The zero-order valence-electron chi connectivity index (χ0n) is 13.2. The van der Waals surface area contributed by atoms with Crippen molar-refractivity contribution in [1.82, 2.24) is 19.8 Å². The second kappa shape index (κ2) is 6.28. The molecule has 1 saturated carbocycles. The Hall–Kier alpha value is -1.95. The standard InChI is InChI=1S/C17H20N4OS/c1-12(22-14-10-6-3-7-11-14)16-20-21-15(18-19-17(21)23-16)13-8-4-2-5-9-13/h3,6-7,10-13H,2,4-5,8-9H2,1H3. The van der Waals surface area contributed by atoms with Crippen LogP contribution in [0, 0.1) is 0 Å². The Morgan fingerprint density at radius 2 is 1.91 bits per heavy atom. The highest BCUT2D eigenvalue weighted by molar-refractivity contribution is 7.16. The molecular weight excluding hydrogens is 308 g/mol. The summed E-state index contributed by atoms with van der Waals surface area (Å²) in [6.45, 7) is 2.03. The molecule has 2 heterocycles. The lowest BCUT2D eigenvalue weighted by atomic mass is 9.89. The van der Waals surface area contributed by atoms with Gasteiger partial charge in [-0.3, -0.25) is 0 Å². The monoisotopic (exact) mass is 328 g/mol. The molecule has 6 heteroatoms. The van der Waals surface area contributed by atoms with Crippen LogP contribution in [0.5, 0.6) is 5.75 Å². The lowest BCUT2D eigenvalue weighted by Gasteiger charge is -2.18. The molecule has 4 rings (SSSR count). The minimum atomic E-state index is -0.0942. The summed E-state index contributed by atoms with van der Waals surface area (Å²) in [7, 11) is 0. The second-order valence-electron chi connectivity index (χ2n) is 6.10. The average Bonchev–Trinajstić information content (AvgIpc) is 3.17. The molecule has 1 atom stereocenters. The summed E-state index contributed by atoms with van der Waals surface area (Å²) < 4.78 is 7.90. The van der Waals surface area contributed by atoms with Gasteiger partial charge >= 0.3 is 0 Å². The van der Waals surface area contributed by atoms with Crippen molar-refractivity contribution in [2.75, 3.05) is 0 Å². The molecule has 3 aromatic rings. The number of rotatable bonds is 4. The van der Waals surface area contributed by atoms with Gasteiger partial charge in [0, 0.05) is 5.92 Å². The van der Waals surface area contributed by atoms with E-state index in [1.807, 2.05) is 41.8 Å². The maximum Gasteiger partial charge on any atom is 0.234 e. The highest BCUT2D eigenvalue weighted by Crippen LogP contribution is 2.33. The summed E-state index contributed by atoms with van der Waals surface area (Å²) in [5, 5.41) is 14.4. The molecule has 1 aliphatic carbocycles. The summed E-state index contributed by atoms with van der Waals surface area (Å²) in [5.74, 6) is 2.38. The molecule has 0 radical (unpaired) electrons. The fourth-order valence-electron chi connectivity index (χ4n) is 3.18. The molecule has 0 spiro atoms. The molecule has 5 nitrogen and oxygen atoms in total. The van der Waals surface area contributed by atoms with Crippen molar-refractivity contribution >= 4 is 16.3 Å². The zero-order chi connectivity index (χ0) is 15.6. The van der Waals surface area contributed by atoms with Crippen molar-refractivity contribution in [3.63, 3.8) is 0 Å². The number of aromatic nitrogens is 4. The third-order valence-corrected chi connectivity index (χ3v) is 5.46. The summed E-state index contributed by atoms with van der Waals surface area (Å²) in [6, 6.07) is 9.86. The molecule has 1 aromatic carbocycles. The summed E-state index contributed by atoms with van der Waals surface area (Å²) in [5.41, 5.74) is 0. The number of para-hydroxylation sites is 1. The highest BCUT2D eigenvalue weighted by atomic mass is 32.1. The van der Waals surface area contributed by atoms with Crippen LogP contribution in [-0.4, -0.2) is 19.8 Å². The van der Waals surface area contributed by atoms with Gasteiger partial charge in [-0.15, -0.1) is 10.2 Å². The first kappa shape index (κ1) is 14.6. The number of nitrogens with zero attached hydrogens (tertiary/aromatic N) is 4. The number of ether oxygens (including phenoxy) is 1. The van der Waals surface area contributed by atoms with Crippen LogP contribution in [0.2, 0.25) is 0 Å². The van der Waals surface area contributed by atoms with Gasteiger partial charge < -0.3 is 4.74 Å². The van der Waals surface area contributed by atoms with Crippen LogP contribution >= 0.6 is 11.3 Å². The third-order valence-electron chi connectivity index (χ3n) is 4.40. The van der Waals surface area contributed by atoms with Crippen molar-refractivity contribution in [1.29, 1.82) is 0 Å². The Morgan fingerprint density at radius 3 is 2.70 bits per heavy atom. The van der Waals surface area contributed by atoms with E-state index in [1.54, 1.807) is 11.3 Å². The van der Waals surface area contributed by atoms with Crippen LogP contribution in [0.4, 0.5) is 0 Å². The molecule has 120 valence electrons. The van der Waals surface area contributed by atoms with E-state index in [0.29, 0.717) is 5.92 Å². The Kier molecular flexibility index (Phi) is 3.99. The lowest BCUT2D eigenvalue weighted by molar-refractivity contribution is 0.225. The molecule has 0 amide bonds. The molecule has 0 bridgehead atoms. The SMILES string of the molecule is CC(Oc1ccccc1)c1nn2c(C3CCCCC3)nnc2s1. The molecule has 1 aliphatic rings. The van der Waals surface area contributed by atoms with E-state index in [-0.39, 0.29) is 6.10 Å². The first-order chi connectivity index (χ1) is 11.3. The second-order valence-corrected chi connectivity index (χ2v) is 7.09. The van der Waals surface area contributed by atoms with Crippen LogP contribution in [0.1, 0.15) is 61.9 Å². The van der Waals surface area contributed by atoms with Crippen LogP contribution in [-0.2, 0) is 0 Å². The fourth-order valence-corrected chi connectivity index (χ4v) is 4.01. The van der Waals surface area contributed by atoms with Gasteiger partial charge in [0.2, 0.25) is 4.96 Å². The number of fused-ring (bicyclic) bond motifs is 1. The first-order valence-corrected chi connectivity index (χ1v) is 9.06. The Labute approximate surface area is 139 Å². The summed E-state index contributed by atoms with van der Waals surface area (Å²) >= 11 is 1.56. The summed E-state index contributed by atoms with van der Waals surface area (Å²) in [6.07, 6.45) is 6.20. The zero-order valence-corrected chi connectivity index (χ0v) is 14.0. The van der Waals surface area contributed by atoms with Crippen LogP contribution in [0.15, 0.2) is 30.3 Å². The van der Waals surface area contributed by atoms with E-state index in [9.17, 15) is 0 Å².